The summed E-state index contributed by atoms with van der Waals surface area (Å²) in [5, 5.41) is 2.88. The maximum Gasteiger partial charge on any atom is 0.253 e. The number of hydrogen-bond donors (Lipinski definition) is 1. The predicted molar refractivity (Wildman–Crippen MR) is 117 cm³/mol. The van der Waals surface area contributed by atoms with Crippen LogP contribution in [0.4, 0.5) is 4.39 Å². The van der Waals surface area contributed by atoms with Crippen LogP contribution < -0.4 is 10.1 Å². The number of Topliss-reactive ketones (excluding diaryl/α,β-unsaturated/α-hetero) is 1. The van der Waals surface area contributed by atoms with Gasteiger partial charge in [0.25, 0.3) is 5.91 Å². The van der Waals surface area contributed by atoms with E-state index in [-0.39, 0.29) is 30.2 Å². The topological polar surface area (TPSA) is 64.6 Å². The van der Waals surface area contributed by atoms with E-state index in [1.54, 1.807) is 12.1 Å². The van der Waals surface area contributed by atoms with Gasteiger partial charge in [-0.2, -0.15) is 0 Å². The van der Waals surface area contributed by atoms with E-state index in [4.69, 9.17) is 9.47 Å². The number of carbonyl (C=O) groups excluding carboxylic acids is 2. The molecule has 2 aromatic carbocycles. The van der Waals surface area contributed by atoms with Crippen molar-refractivity contribution in [1.29, 1.82) is 0 Å². The van der Waals surface area contributed by atoms with E-state index < -0.39 is 6.10 Å². The summed E-state index contributed by atoms with van der Waals surface area (Å²) in [5.74, 6) is -0.0479. The van der Waals surface area contributed by atoms with Crippen LogP contribution in [-0.2, 0) is 16.0 Å². The van der Waals surface area contributed by atoms with Crippen LogP contribution >= 0.6 is 11.3 Å². The highest BCUT2D eigenvalue weighted by Gasteiger charge is 2.29. The molecule has 0 saturated carbocycles. The van der Waals surface area contributed by atoms with Crippen molar-refractivity contribution in [3.63, 3.8) is 0 Å². The molecule has 0 unspecified atom stereocenters. The van der Waals surface area contributed by atoms with Crippen LogP contribution in [0.3, 0.4) is 0 Å². The minimum atomic E-state index is -0.714. The minimum Gasteiger partial charge on any atom is -0.487 e. The molecule has 1 aliphatic heterocycles. The first-order valence-electron chi connectivity index (χ1n) is 9.92. The maximum absolute atomic E-state index is 14.2. The lowest BCUT2D eigenvalue weighted by Gasteiger charge is -2.18. The van der Waals surface area contributed by atoms with Gasteiger partial charge >= 0.3 is 0 Å². The number of fused-ring (bicyclic) bond motifs is 1. The molecule has 3 aromatic rings. The Hall–Kier alpha value is -3.03. The molecular weight excluding hydrogens is 417 g/mol. The van der Waals surface area contributed by atoms with Crippen LogP contribution in [0.1, 0.15) is 33.8 Å². The number of halogens is 1. The number of amides is 1. The first-order chi connectivity index (χ1) is 15.0. The summed E-state index contributed by atoms with van der Waals surface area (Å²) >= 11 is 1.31. The Labute approximate surface area is 183 Å². The summed E-state index contributed by atoms with van der Waals surface area (Å²) in [6, 6.07) is 15.7. The van der Waals surface area contributed by atoms with Crippen molar-refractivity contribution in [2.45, 2.75) is 25.6 Å². The number of nitrogens with one attached hydrogen (secondary N) is 1. The minimum absolute atomic E-state index is 0.0306. The second-order valence-electron chi connectivity index (χ2n) is 7.38. The van der Waals surface area contributed by atoms with Crippen LogP contribution in [0.2, 0.25) is 0 Å². The second-order valence-corrected chi connectivity index (χ2v) is 8.46. The summed E-state index contributed by atoms with van der Waals surface area (Å²) in [5.41, 5.74) is 2.14. The molecule has 0 fully saturated rings. The van der Waals surface area contributed by atoms with Gasteiger partial charge in [-0.1, -0.05) is 30.3 Å². The van der Waals surface area contributed by atoms with E-state index in [0.717, 1.165) is 16.0 Å². The lowest BCUT2D eigenvalue weighted by molar-refractivity contribution is -0.131. The molecule has 1 aromatic heterocycles. The number of rotatable bonds is 7. The SMILES string of the molecule is CO[C@@H](C(=O)NC[C@@H]1Cc2cc(F)cc(-c3ccc(C(C)=O)s3)c2O1)c1ccccc1. The molecule has 2 heterocycles. The molecule has 0 saturated heterocycles. The van der Waals surface area contributed by atoms with E-state index in [1.807, 2.05) is 30.3 Å². The van der Waals surface area contributed by atoms with Crippen molar-refractivity contribution in [3.05, 3.63) is 76.4 Å². The van der Waals surface area contributed by atoms with E-state index in [1.165, 1.54) is 37.5 Å². The number of methoxy groups -OCH3 is 1. The first-order valence-corrected chi connectivity index (χ1v) is 10.7. The lowest BCUT2D eigenvalue weighted by Crippen LogP contribution is -2.37. The van der Waals surface area contributed by atoms with Crippen LogP contribution in [-0.4, -0.2) is 31.4 Å². The third kappa shape index (κ3) is 4.52. The molecule has 5 nitrogen and oxygen atoms in total. The predicted octanol–water partition coefficient (Wildman–Crippen LogP) is 4.56. The Bertz CT molecular complexity index is 1110. The molecule has 0 bridgehead atoms. The van der Waals surface area contributed by atoms with Gasteiger partial charge in [0, 0.05) is 29.5 Å². The summed E-state index contributed by atoms with van der Waals surface area (Å²) in [6.45, 7) is 1.77. The molecule has 1 aliphatic rings. The molecule has 0 aliphatic carbocycles. The van der Waals surface area contributed by atoms with Crippen molar-refractivity contribution >= 4 is 23.0 Å². The lowest BCUT2D eigenvalue weighted by atomic mass is 10.0. The number of ketones is 1. The van der Waals surface area contributed by atoms with Crippen LogP contribution in [0, 0.1) is 5.82 Å². The number of ether oxygens (including phenoxy) is 2. The van der Waals surface area contributed by atoms with Crippen molar-refractivity contribution in [2.24, 2.45) is 0 Å². The van der Waals surface area contributed by atoms with Gasteiger partial charge in [-0.05, 0) is 36.8 Å². The fraction of sp³-hybridized carbons (Fsp3) is 0.250. The summed E-state index contributed by atoms with van der Waals surface area (Å²) in [4.78, 5) is 25.6. The largest absolute Gasteiger partial charge is 0.487 e. The van der Waals surface area contributed by atoms with Crippen LogP contribution in [0.15, 0.2) is 54.6 Å². The normalized spacial score (nSPS) is 15.8. The number of hydrogen-bond acceptors (Lipinski definition) is 5. The van der Waals surface area contributed by atoms with Gasteiger partial charge in [0.15, 0.2) is 11.9 Å². The van der Waals surface area contributed by atoms with Crippen molar-refractivity contribution < 1.29 is 23.5 Å². The van der Waals surface area contributed by atoms with Gasteiger partial charge in [0.1, 0.15) is 17.7 Å². The van der Waals surface area contributed by atoms with Crippen LogP contribution in [0.5, 0.6) is 5.75 Å². The zero-order valence-electron chi connectivity index (χ0n) is 17.2. The van der Waals surface area contributed by atoms with Gasteiger partial charge in [-0.25, -0.2) is 4.39 Å². The number of thiophene rings is 1. The standard InChI is InChI=1S/C24H22FNO4S/c1-14(27)20-8-9-21(31-20)19-12-17(25)10-16-11-18(30-22(16)19)13-26-24(28)23(29-2)15-6-4-3-5-7-15/h3-10,12,18,23H,11,13H2,1-2H3,(H,26,28)/t18-,23+/m0/s1. The van der Waals surface area contributed by atoms with E-state index in [9.17, 15) is 14.0 Å². The first kappa shape index (κ1) is 21.2. The molecule has 2 atom stereocenters. The van der Waals surface area contributed by atoms with Gasteiger partial charge in [-0.15, -0.1) is 11.3 Å². The highest BCUT2D eigenvalue weighted by atomic mass is 32.1. The fourth-order valence-electron chi connectivity index (χ4n) is 3.69. The fourth-order valence-corrected chi connectivity index (χ4v) is 4.61. The summed E-state index contributed by atoms with van der Waals surface area (Å²) in [6.07, 6.45) is -0.553. The van der Waals surface area contributed by atoms with Crippen molar-refractivity contribution in [3.8, 4) is 16.2 Å². The van der Waals surface area contributed by atoms with Crippen LogP contribution in [0.25, 0.3) is 10.4 Å². The molecule has 4 rings (SSSR count). The Morgan fingerprint density at radius 2 is 2.00 bits per heavy atom. The van der Waals surface area contributed by atoms with Gasteiger partial charge in [-0.3, -0.25) is 9.59 Å². The Morgan fingerprint density at radius 3 is 2.68 bits per heavy atom. The Balaban J connectivity index is 1.47. The molecular formula is C24H22FNO4S. The molecule has 1 amide bonds. The Kier molecular flexibility index (Phi) is 6.15. The molecule has 1 N–H and O–H groups in total. The van der Waals surface area contributed by atoms with E-state index in [2.05, 4.69) is 5.32 Å². The van der Waals surface area contributed by atoms with Crippen molar-refractivity contribution in [2.75, 3.05) is 13.7 Å². The zero-order valence-corrected chi connectivity index (χ0v) is 18.0. The molecule has 31 heavy (non-hydrogen) atoms. The van der Waals surface area contributed by atoms with Crippen molar-refractivity contribution in [1.82, 2.24) is 5.32 Å². The average Bonchev–Trinajstić information content (AvgIpc) is 3.40. The smallest absolute Gasteiger partial charge is 0.253 e. The van der Waals surface area contributed by atoms with E-state index >= 15 is 0 Å². The summed E-state index contributed by atoms with van der Waals surface area (Å²) < 4.78 is 25.7. The van der Waals surface area contributed by atoms with E-state index in [0.29, 0.717) is 22.6 Å². The highest BCUT2D eigenvalue weighted by Crippen LogP contribution is 2.42. The number of carbonyl (C=O) groups is 2. The number of benzene rings is 2. The monoisotopic (exact) mass is 439 g/mol. The molecule has 160 valence electrons. The van der Waals surface area contributed by atoms with Gasteiger partial charge < -0.3 is 14.8 Å². The maximum atomic E-state index is 14.2. The quantitative estimate of drug-likeness (QED) is 0.548. The molecule has 0 radical (unpaired) electrons. The third-order valence-electron chi connectivity index (χ3n) is 5.16. The zero-order chi connectivity index (χ0) is 22.0. The Morgan fingerprint density at radius 1 is 1.23 bits per heavy atom. The highest BCUT2D eigenvalue weighted by molar-refractivity contribution is 7.17. The van der Waals surface area contributed by atoms with Gasteiger partial charge in [0.2, 0.25) is 0 Å². The third-order valence-corrected chi connectivity index (χ3v) is 6.38. The summed E-state index contributed by atoms with van der Waals surface area (Å²) in [7, 11) is 1.49. The molecule has 7 heteroatoms. The average molecular weight is 440 g/mol. The van der Waals surface area contributed by atoms with Gasteiger partial charge in [0.05, 0.1) is 11.4 Å². The second kappa shape index (κ2) is 8.99. The molecule has 0 spiro atoms.